The molecule has 0 spiro atoms. The lowest BCUT2D eigenvalue weighted by Gasteiger charge is -2.24. The average Bonchev–Trinajstić information content (AvgIpc) is 2.48. The highest BCUT2D eigenvalue weighted by atomic mass is 16.3. The minimum Gasteiger partial charge on any atom is -0.398 e. The molecule has 0 amide bonds. The summed E-state index contributed by atoms with van der Waals surface area (Å²) in [6, 6.07) is 17.8. The molecule has 0 saturated carbocycles. The molecular formula is C17H22N2O. The van der Waals surface area contributed by atoms with Crippen molar-refractivity contribution in [1.82, 2.24) is 4.90 Å². The van der Waals surface area contributed by atoms with Crippen molar-refractivity contribution in [3.63, 3.8) is 0 Å². The second-order valence-corrected chi connectivity index (χ2v) is 4.96. The van der Waals surface area contributed by atoms with Gasteiger partial charge in [0.25, 0.3) is 0 Å². The number of para-hydroxylation sites is 1. The molecule has 0 fully saturated rings. The fourth-order valence-corrected chi connectivity index (χ4v) is 2.30. The first-order chi connectivity index (χ1) is 9.70. The van der Waals surface area contributed by atoms with Crippen LogP contribution in [0.4, 0.5) is 5.69 Å². The summed E-state index contributed by atoms with van der Waals surface area (Å²) in [5, 5.41) is 10.4. The molecule has 2 aromatic rings. The van der Waals surface area contributed by atoms with Crippen LogP contribution in [-0.2, 0) is 6.54 Å². The molecular weight excluding hydrogens is 248 g/mol. The number of aliphatic hydroxyl groups excluding tert-OH is 1. The molecule has 1 unspecified atom stereocenters. The molecule has 20 heavy (non-hydrogen) atoms. The van der Waals surface area contributed by atoms with E-state index >= 15 is 0 Å². The summed E-state index contributed by atoms with van der Waals surface area (Å²) < 4.78 is 0. The third-order valence-corrected chi connectivity index (χ3v) is 3.48. The highest BCUT2D eigenvalue weighted by Gasteiger charge is 2.14. The number of nitrogens with two attached hydrogens (primary N) is 1. The number of hydrogen-bond acceptors (Lipinski definition) is 3. The van der Waals surface area contributed by atoms with Crippen LogP contribution < -0.4 is 5.73 Å². The van der Waals surface area contributed by atoms with Crippen molar-refractivity contribution in [2.24, 2.45) is 0 Å². The Bertz CT molecular complexity index is 528. The van der Waals surface area contributed by atoms with E-state index < -0.39 is 6.10 Å². The summed E-state index contributed by atoms with van der Waals surface area (Å²) in [6.45, 7) is 4.41. The number of nitrogens with zero attached hydrogens (tertiary/aromatic N) is 1. The van der Waals surface area contributed by atoms with Crippen molar-refractivity contribution >= 4 is 5.69 Å². The Morgan fingerprint density at radius 3 is 2.35 bits per heavy atom. The normalized spacial score (nSPS) is 12.6. The smallest absolute Gasteiger partial charge is 0.0936 e. The lowest BCUT2D eigenvalue weighted by Crippen LogP contribution is -2.28. The monoisotopic (exact) mass is 270 g/mol. The molecule has 2 aromatic carbocycles. The molecule has 2 rings (SSSR count). The van der Waals surface area contributed by atoms with Gasteiger partial charge in [-0.3, -0.25) is 4.90 Å². The van der Waals surface area contributed by atoms with Crippen LogP contribution >= 0.6 is 0 Å². The van der Waals surface area contributed by atoms with Gasteiger partial charge in [0.1, 0.15) is 0 Å². The minimum atomic E-state index is -0.556. The molecule has 0 radical (unpaired) electrons. The Morgan fingerprint density at radius 2 is 1.70 bits per heavy atom. The lowest BCUT2D eigenvalue weighted by atomic mass is 10.1. The number of benzene rings is 2. The van der Waals surface area contributed by atoms with Crippen LogP contribution in [0.5, 0.6) is 0 Å². The zero-order valence-electron chi connectivity index (χ0n) is 11.9. The summed E-state index contributed by atoms with van der Waals surface area (Å²) in [5.41, 5.74) is 8.62. The second-order valence-electron chi connectivity index (χ2n) is 4.96. The van der Waals surface area contributed by atoms with E-state index in [9.17, 15) is 5.11 Å². The Labute approximate surface area is 120 Å². The fourth-order valence-electron chi connectivity index (χ4n) is 2.30. The van der Waals surface area contributed by atoms with Gasteiger partial charge in [0.15, 0.2) is 0 Å². The van der Waals surface area contributed by atoms with E-state index in [1.54, 1.807) is 0 Å². The number of aliphatic hydroxyl groups is 1. The van der Waals surface area contributed by atoms with Crippen molar-refractivity contribution in [3.8, 4) is 0 Å². The van der Waals surface area contributed by atoms with Gasteiger partial charge in [-0.2, -0.15) is 0 Å². The molecule has 0 bridgehead atoms. The van der Waals surface area contributed by atoms with Gasteiger partial charge in [0, 0.05) is 24.3 Å². The Hall–Kier alpha value is -1.84. The van der Waals surface area contributed by atoms with Crippen molar-refractivity contribution in [2.75, 3.05) is 18.8 Å². The molecule has 3 heteroatoms. The Morgan fingerprint density at radius 1 is 1.05 bits per heavy atom. The molecule has 3 nitrogen and oxygen atoms in total. The third kappa shape index (κ3) is 3.83. The molecule has 0 aliphatic rings. The Kier molecular flexibility index (Phi) is 5.16. The first-order valence-electron chi connectivity index (χ1n) is 6.99. The van der Waals surface area contributed by atoms with E-state index in [4.69, 9.17) is 5.73 Å². The standard InChI is InChI=1S/C17H22N2O/c1-2-19(12-14-8-4-3-5-9-14)13-17(20)15-10-6-7-11-16(15)18/h3-11,17,20H,2,12-13,18H2,1H3. The molecule has 0 heterocycles. The SMILES string of the molecule is CCN(Cc1ccccc1)CC(O)c1ccccc1N. The topological polar surface area (TPSA) is 49.5 Å². The quantitative estimate of drug-likeness (QED) is 0.794. The van der Waals surface area contributed by atoms with Crippen LogP contribution in [0, 0.1) is 0 Å². The zero-order valence-corrected chi connectivity index (χ0v) is 11.9. The van der Waals surface area contributed by atoms with Gasteiger partial charge in [-0.1, -0.05) is 55.5 Å². The van der Waals surface area contributed by atoms with E-state index in [1.807, 2.05) is 42.5 Å². The third-order valence-electron chi connectivity index (χ3n) is 3.48. The van der Waals surface area contributed by atoms with Crippen molar-refractivity contribution in [3.05, 3.63) is 65.7 Å². The van der Waals surface area contributed by atoms with Gasteiger partial charge < -0.3 is 10.8 Å². The zero-order chi connectivity index (χ0) is 14.4. The van der Waals surface area contributed by atoms with Crippen LogP contribution in [-0.4, -0.2) is 23.1 Å². The number of likely N-dealkylation sites (N-methyl/N-ethyl adjacent to an activating group) is 1. The van der Waals surface area contributed by atoms with Crippen LogP contribution in [0.3, 0.4) is 0 Å². The predicted octanol–water partition coefficient (Wildman–Crippen LogP) is 2.82. The van der Waals surface area contributed by atoms with E-state index in [0.29, 0.717) is 12.2 Å². The van der Waals surface area contributed by atoms with Gasteiger partial charge in [0.2, 0.25) is 0 Å². The predicted molar refractivity (Wildman–Crippen MR) is 83.2 cm³/mol. The van der Waals surface area contributed by atoms with E-state index in [2.05, 4.69) is 24.0 Å². The van der Waals surface area contributed by atoms with E-state index in [-0.39, 0.29) is 0 Å². The maximum atomic E-state index is 10.4. The first kappa shape index (κ1) is 14.6. The number of hydrogen-bond donors (Lipinski definition) is 2. The van der Waals surface area contributed by atoms with Gasteiger partial charge in [-0.05, 0) is 18.2 Å². The molecule has 1 atom stereocenters. The molecule has 3 N–H and O–H groups in total. The number of nitrogen functional groups attached to an aromatic ring is 1. The fraction of sp³-hybridized carbons (Fsp3) is 0.294. The summed E-state index contributed by atoms with van der Waals surface area (Å²) in [5.74, 6) is 0. The minimum absolute atomic E-state index is 0.556. The van der Waals surface area contributed by atoms with Gasteiger partial charge in [-0.25, -0.2) is 0 Å². The summed E-state index contributed by atoms with van der Waals surface area (Å²) in [7, 11) is 0. The van der Waals surface area contributed by atoms with Crippen LogP contribution in [0.1, 0.15) is 24.2 Å². The molecule has 0 aliphatic carbocycles. The molecule has 0 aromatic heterocycles. The van der Waals surface area contributed by atoms with Crippen LogP contribution in [0.15, 0.2) is 54.6 Å². The summed E-state index contributed by atoms with van der Waals surface area (Å²) in [6.07, 6.45) is -0.556. The molecule has 0 aliphatic heterocycles. The van der Waals surface area contributed by atoms with Crippen LogP contribution in [0.25, 0.3) is 0 Å². The lowest BCUT2D eigenvalue weighted by molar-refractivity contribution is 0.113. The maximum absolute atomic E-state index is 10.4. The average molecular weight is 270 g/mol. The molecule has 106 valence electrons. The van der Waals surface area contributed by atoms with Crippen molar-refractivity contribution in [2.45, 2.75) is 19.6 Å². The van der Waals surface area contributed by atoms with Gasteiger partial charge in [-0.15, -0.1) is 0 Å². The maximum Gasteiger partial charge on any atom is 0.0936 e. The number of anilines is 1. The molecule has 0 saturated heterocycles. The van der Waals surface area contributed by atoms with Crippen LogP contribution in [0.2, 0.25) is 0 Å². The van der Waals surface area contributed by atoms with E-state index in [0.717, 1.165) is 18.7 Å². The highest BCUT2D eigenvalue weighted by Crippen LogP contribution is 2.21. The highest BCUT2D eigenvalue weighted by molar-refractivity contribution is 5.47. The Balaban J connectivity index is 2.01. The second kappa shape index (κ2) is 7.08. The number of rotatable bonds is 6. The van der Waals surface area contributed by atoms with Crippen molar-refractivity contribution in [1.29, 1.82) is 0 Å². The van der Waals surface area contributed by atoms with Gasteiger partial charge >= 0.3 is 0 Å². The van der Waals surface area contributed by atoms with E-state index in [1.165, 1.54) is 5.56 Å². The summed E-state index contributed by atoms with van der Waals surface area (Å²) in [4.78, 5) is 2.21. The van der Waals surface area contributed by atoms with Crippen molar-refractivity contribution < 1.29 is 5.11 Å². The summed E-state index contributed by atoms with van der Waals surface area (Å²) >= 11 is 0. The first-order valence-corrected chi connectivity index (χ1v) is 6.99. The van der Waals surface area contributed by atoms with Gasteiger partial charge in [0.05, 0.1) is 6.10 Å². The largest absolute Gasteiger partial charge is 0.398 e.